The summed E-state index contributed by atoms with van der Waals surface area (Å²) in [6, 6.07) is 15.3. The molecular formula is C28H24Cl3N4O4Rh. The first-order valence-corrected chi connectivity index (χ1v) is 15.7. The van der Waals surface area contributed by atoms with Crippen molar-refractivity contribution in [1.82, 2.24) is 19.9 Å². The van der Waals surface area contributed by atoms with Crippen molar-refractivity contribution < 1.29 is 46.5 Å². The van der Waals surface area contributed by atoms with E-state index in [4.69, 9.17) is 38.3 Å². The summed E-state index contributed by atoms with van der Waals surface area (Å²) in [5, 5.41) is 3.81. The van der Waals surface area contributed by atoms with Crippen molar-refractivity contribution in [2.45, 2.75) is 0 Å². The maximum absolute atomic E-state index is 5.33. The molecule has 12 heteroatoms. The van der Waals surface area contributed by atoms with Gasteiger partial charge in [-0.05, 0) is 48.5 Å². The van der Waals surface area contributed by atoms with Gasteiger partial charge in [-0.1, -0.05) is 0 Å². The molecule has 8 nitrogen and oxygen atoms in total. The van der Waals surface area contributed by atoms with E-state index in [2.05, 4.69) is 19.9 Å². The molecule has 4 heterocycles. The Kier molecular flexibility index (Phi) is 11.7. The molecule has 0 unspecified atom stereocenters. The van der Waals surface area contributed by atoms with Crippen LogP contribution in [0.4, 0.5) is 0 Å². The van der Waals surface area contributed by atoms with Gasteiger partial charge in [0.25, 0.3) is 0 Å². The second-order valence-electron chi connectivity index (χ2n) is 7.82. The zero-order chi connectivity index (χ0) is 27.8. The number of halogens is 3. The summed E-state index contributed by atoms with van der Waals surface area (Å²) in [6.45, 7) is 0. The molecule has 0 bridgehead atoms. The number of pyridine rings is 4. The fourth-order valence-electron chi connectivity index (χ4n) is 4.27. The van der Waals surface area contributed by atoms with Gasteiger partial charge in [0, 0.05) is 46.3 Å². The number of aromatic nitrogens is 4. The zero-order valence-electron chi connectivity index (χ0n) is 21.8. The summed E-state index contributed by atoms with van der Waals surface area (Å²) >= 11 is -0.226. The number of fused-ring (bicyclic) bond motifs is 6. The molecule has 0 aliphatic heterocycles. The molecular weight excluding hydrogens is 666 g/mol. The Morgan fingerprint density at radius 3 is 0.825 bits per heavy atom. The monoisotopic (exact) mass is 688 g/mol. The number of ether oxygens (including phenoxy) is 4. The van der Waals surface area contributed by atoms with E-state index in [9.17, 15) is 0 Å². The quantitative estimate of drug-likeness (QED) is 0.203. The van der Waals surface area contributed by atoms with Crippen LogP contribution in [0, 0.1) is 0 Å². The average molecular weight is 690 g/mol. The molecule has 0 amide bonds. The van der Waals surface area contributed by atoms with Gasteiger partial charge >= 0.3 is 34.5 Å². The molecule has 0 saturated heterocycles. The first-order valence-electron chi connectivity index (χ1n) is 11.4. The Labute approximate surface area is 253 Å². The zero-order valence-corrected chi connectivity index (χ0v) is 25.7. The molecule has 0 spiro atoms. The SMILES string of the molecule is COc1ccnc2c1ccc1c(OC)ccnc12.COc1ccnc2c1ccc1c(OC)ccnc12.[Cl-].[Cl][Rh+][Cl]. The number of hydrogen-bond donors (Lipinski definition) is 0. The van der Waals surface area contributed by atoms with Gasteiger partial charge in [0.15, 0.2) is 0 Å². The van der Waals surface area contributed by atoms with Crippen molar-refractivity contribution >= 4 is 63.0 Å². The van der Waals surface area contributed by atoms with E-state index in [1.54, 1.807) is 53.2 Å². The van der Waals surface area contributed by atoms with E-state index in [1.165, 1.54) is 0 Å². The minimum absolute atomic E-state index is 0. The van der Waals surface area contributed by atoms with Crippen LogP contribution in [0.5, 0.6) is 23.0 Å². The van der Waals surface area contributed by atoms with E-state index in [-0.39, 0.29) is 27.6 Å². The average Bonchev–Trinajstić information content (AvgIpc) is 3.00. The van der Waals surface area contributed by atoms with Crippen LogP contribution < -0.4 is 31.4 Å². The molecule has 210 valence electrons. The van der Waals surface area contributed by atoms with Gasteiger partial charge in [-0.15, -0.1) is 0 Å². The fourth-order valence-corrected chi connectivity index (χ4v) is 4.27. The number of rotatable bonds is 4. The number of hydrogen-bond acceptors (Lipinski definition) is 8. The number of benzene rings is 2. The Morgan fingerprint density at radius 2 is 0.650 bits per heavy atom. The van der Waals surface area contributed by atoms with Crippen molar-refractivity contribution in [2.24, 2.45) is 0 Å². The van der Waals surface area contributed by atoms with E-state index in [1.807, 2.05) is 48.5 Å². The third kappa shape index (κ3) is 6.39. The molecule has 4 aromatic heterocycles. The van der Waals surface area contributed by atoms with Gasteiger partial charge in [0.2, 0.25) is 0 Å². The molecule has 0 fully saturated rings. The Balaban J connectivity index is 0.000000197. The summed E-state index contributed by atoms with van der Waals surface area (Å²) in [7, 11) is 16.3. The molecule has 0 atom stereocenters. The van der Waals surface area contributed by atoms with Crippen LogP contribution in [0.25, 0.3) is 43.6 Å². The molecule has 0 radical (unpaired) electrons. The van der Waals surface area contributed by atoms with Crippen molar-refractivity contribution in [2.75, 3.05) is 28.4 Å². The molecule has 40 heavy (non-hydrogen) atoms. The fraction of sp³-hybridized carbons (Fsp3) is 0.143. The summed E-state index contributed by atoms with van der Waals surface area (Å²) in [5.74, 6) is 3.19. The molecule has 0 aliphatic carbocycles. The van der Waals surface area contributed by atoms with Crippen LogP contribution in [-0.2, 0) is 15.1 Å². The standard InChI is InChI=1S/2C14H12N2O2.3ClH.Rh/c2*1-17-11-5-7-15-13-9(11)3-4-10-12(18-2)6-8-16-14(10)13;;;;/h2*3-8H,1-2H3;3*1H;/q;;;;;+3/p-3. The topological polar surface area (TPSA) is 88.5 Å². The third-order valence-corrected chi connectivity index (χ3v) is 5.96. The van der Waals surface area contributed by atoms with Crippen LogP contribution in [0.1, 0.15) is 0 Å². The molecule has 6 rings (SSSR count). The van der Waals surface area contributed by atoms with Crippen molar-refractivity contribution in [1.29, 1.82) is 0 Å². The van der Waals surface area contributed by atoms with Gasteiger partial charge in [-0.3, -0.25) is 19.9 Å². The van der Waals surface area contributed by atoms with Crippen LogP contribution in [0.15, 0.2) is 73.3 Å². The summed E-state index contributed by atoms with van der Waals surface area (Å²) in [5.41, 5.74) is 3.30. The number of nitrogens with zero attached hydrogens (tertiary/aromatic N) is 4. The third-order valence-electron chi connectivity index (χ3n) is 5.96. The number of methoxy groups -OCH3 is 4. The van der Waals surface area contributed by atoms with E-state index < -0.39 is 0 Å². The van der Waals surface area contributed by atoms with Gasteiger partial charge in [-0.2, -0.15) is 0 Å². The first kappa shape index (κ1) is 31.3. The second-order valence-corrected chi connectivity index (χ2v) is 10.3. The van der Waals surface area contributed by atoms with Crippen molar-refractivity contribution in [3.8, 4) is 23.0 Å². The Bertz CT molecular complexity index is 1490. The minimum atomic E-state index is -0.226. The molecule has 0 N–H and O–H groups in total. The predicted octanol–water partition coefficient (Wildman–Crippen LogP) is 3.98. The molecule has 6 aromatic rings. The van der Waals surface area contributed by atoms with Gasteiger partial charge in [0.1, 0.15) is 45.1 Å². The van der Waals surface area contributed by atoms with Crippen LogP contribution >= 0.6 is 19.4 Å². The second kappa shape index (κ2) is 15.0. The summed E-state index contributed by atoms with van der Waals surface area (Å²) < 4.78 is 21.3. The van der Waals surface area contributed by atoms with Gasteiger partial charge in [-0.25, -0.2) is 0 Å². The summed E-state index contributed by atoms with van der Waals surface area (Å²) in [6.07, 6.45) is 6.90. The predicted molar refractivity (Wildman–Crippen MR) is 152 cm³/mol. The van der Waals surface area contributed by atoms with Crippen LogP contribution in [-0.4, -0.2) is 48.4 Å². The Morgan fingerprint density at radius 1 is 0.450 bits per heavy atom. The van der Waals surface area contributed by atoms with E-state index >= 15 is 0 Å². The molecule has 0 aliphatic rings. The van der Waals surface area contributed by atoms with Gasteiger partial charge < -0.3 is 31.4 Å². The Hall–Kier alpha value is -3.23. The van der Waals surface area contributed by atoms with Gasteiger partial charge in [0.05, 0.1) is 28.4 Å². The first-order chi connectivity index (χ1) is 19.1. The van der Waals surface area contributed by atoms with Crippen LogP contribution in [0.3, 0.4) is 0 Å². The maximum atomic E-state index is 5.33. The molecule has 2 aromatic carbocycles. The van der Waals surface area contributed by atoms with E-state index in [0.29, 0.717) is 0 Å². The summed E-state index contributed by atoms with van der Waals surface area (Å²) in [4.78, 5) is 17.6. The van der Waals surface area contributed by atoms with E-state index in [0.717, 1.165) is 66.6 Å². The van der Waals surface area contributed by atoms with Crippen molar-refractivity contribution in [3.05, 3.63) is 73.3 Å². The van der Waals surface area contributed by atoms with Crippen LogP contribution in [0.2, 0.25) is 0 Å². The normalized spacial score (nSPS) is 10.2. The van der Waals surface area contributed by atoms with Crippen molar-refractivity contribution in [3.63, 3.8) is 0 Å². The molecule has 0 saturated carbocycles.